The van der Waals surface area contributed by atoms with Crippen molar-refractivity contribution in [1.82, 2.24) is 20.4 Å². The molecule has 2 amide bonds. The SMILES string of the molecule is COc1ccc(-c2noc(C3=C(C)N(CCc4ccccc4)C(=O)NC3c3ccccc3)n2)cc1OC. The lowest BCUT2D eigenvalue weighted by molar-refractivity contribution is 0.205. The first-order chi connectivity index (χ1) is 18.1. The number of amides is 2. The van der Waals surface area contributed by atoms with Crippen LogP contribution in [-0.4, -0.2) is 41.8 Å². The van der Waals surface area contributed by atoms with Gasteiger partial charge < -0.3 is 19.3 Å². The summed E-state index contributed by atoms with van der Waals surface area (Å²) in [6, 6.07) is 24.7. The second-order valence-corrected chi connectivity index (χ2v) is 8.67. The summed E-state index contributed by atoms with van der Waals surface area (Å²) in [7, 11) is 3.17. The van der Waals surface area contributed by atoms with Gasteiger partial charge in [0.1, 0.15) is 0 Å². The van der Waals surface area contributed by atoms with Gasteiger partial charge in [0.2, 0.25) is 5.82 Å². The van der Waals surface area contributed by atoms with Crippen LogP contribution in [0.2, 0.25) is 0 Å². The van der Waals surface area contributed by atoms with E-state index in [-0.39, 0.29) is 6.03 Å². The van der Waals surface area contributed by atoms with Crippen molar-refractivity contribution >= 4 is 11.6 Å². The standard InChI is InChI=1S/C29H28N4O4/c1-19-25(28-31-27(32-37-28)22-14-15-23(35-2)24(18-22)36-3)26(21-12-8-5-9-13-21)30-29(34)33(19)17-16-20-10-6-4-7-11-20/h4-15,18,26H,16-17H2,1-3H3,(H,30,34). The predicted molar refractivity (Wildman–Crippen MR) is 140 cm³/mol. The van der Waals surface area contributed by atoms with Crippen molar-refractivity contribution in [2.45, 2.75) is 19.4 Å². The molecule has 1 N–H and O–H groups in total. The molecule has 0 bridgehead atoms. The molecule has 1 unspecified atom stereocenters. The van der Waals surface area contributed by atoms with Crippen LogP contribution in [0, 0.1) is 0 Å². The third kappa shape index (κ3) is 4.91. The number of carbonyl (C=O) groups excluding carboxylic acids is 1. The fourth-order valence-corrected chi connectivity index (χ4v) is 4.53. The van der Waals surface area contributed by atoms with Crippen LogP contribution in [0.1, 0.15) is 30.0 Å². The second-order valence-electron chi connectivity index (χ2n) is 8.67. The number of nitrogens with zero attached hydrogens (tertiary/aromatic N) is 3. The first-order valence-corrected chi connectivity index (χ1v) is 12.0. The molecule has 8 heteroatoms. The smallest absolute Gasteiger partial charge is 0.322 e. The van der Waals surface area contributed by atoms with Crippen LogP contribution in [0.5, 0.6) is 11.5 Å². The Balaban J connectivity index is 1.53. The summed E-state index contributed by atoms with van der Waals surface area (Å²) in [4.78, 5) is 19.7. The van der Waals surface area contributed by atoms with Crippen molar-refractivity contribution < 1.29 is 18.8 Å². The van der Waals surface area contributed by atoms with Crippen LogP contribution in [0.25, 0.3) is 17.0 Å². The average Bonchev–Trinajstić information content (AvgIpc) is 3.43. The normalized spacial score (nSPS) is 15.5. The lowest BCUT2D eigenvalue weighted by Crippen LogP contribution is -2.46. The third-order valence-corrected chi connectivity index (χ3v) is 6.49. The lowest BCUT2D eigenvalue weighted by atomic mass is 9.94. The number of allylic oxidation sites excluding steroid dienone is 1. The Hall–Kier alpha value is -4.59. The molecule has 8 nitrogen and oxygen atoms in total. The van der Waals surface area contributed by atoms with Gasteiger partial charge in [-0.3, -0.25) is 4.90 Å². The summed E-state index contributed by atoms with van der Waals surface area (Å²) in [6.07, 6.45) is 0.718. The molecule has 1 aliphatic heterocycles. The maximum atomic E-state index is 13.2. The number of ether oxygens (including phenoxy) is 2. The zero-order valence-electron chi connectivity index (χ0n) is 21.0. The molecule has 0 saturated carbocycles. The number of rotatable bonds is 8. The molecule has 0 aliphatic carbocycles. The van der Waals surface area contributed by atoms with Gasteiger partial charge in [-0.05, 0) is 42.7 Å². The maximum Gasteiger partial charge on any atom is 0.322 e. The number of aromatic nitrogens is 2. The molecule has 3 aromatic carbocycles. The average molecular weight is 497 g/mol. The highest BCUT2D eigenvalue weighted by Gasteiger charge is 2.35. The van der Waals surface area contributed by atoms with E-state index in [1.54, 1.807) is 31.3 Å². The molecular weight excluding hydrogens is 468 g/mol. The lowest BCUT2D eigenvalue weighted by Gasteiger charge is -2.35. The molecule has 1 atom stereocenters. The Morgan fingerprint density at radius 2 is 1.65 bits per heavy atom. The van der Waals surface area contributed by atoms with E-state index in [9.17, 15) is 4.79 Å². The summed E-state index contributed by atoms with van der Waals surface area (Å²) in [5.74, 6) is 1.94. The first kappa shape index (κ1) is 24.1. The number of carbonyl (C=O) groups is 1. The minimum Gasteiger partial charge on any atom is -0.493 e. The van der Waals surface area contributed by atoms with Crippen molar-refractivity contribution in [2.75, 3.05) is 20.8 Å². The highest BCUT2D eigenvalue weighted by Crippen LogP contribution is 2.38. The van der Waals surface area contributed by atoms with Crippen LogP contribution in [-0.2, 0) is 6.42 Å². The quantitative estimate of drug-likeness (QED) is 0.347. The van der Waals surface area contributed by atoms with Gasteiger partial charge >= 0.3 is 6.03 Å². The van der Waals surface area contributed by atoms with Crippen LogP contribution in [0.4, 0.5) is 4.79 Å². The second kappa shape index (κ2) is 10.6. The maximum absolute atomic E-state index is 13.2. The minimum absolute atomic E-state index is 0.161. The Morgan fingerprint density at radius 1 is 0.946 bits per heavy atom. The first-order valence-electron chi connectivity index (χ1n) is 12.0. The Kier molecular flexibility index (Phi) is 6.89. The third-order valence-electron chi connectivity index (χ3n) is 6.49. The molecule has 0 saturated heterocycles. The molecule has 37 heavy (non-hydrogen) atoms. The van der Waals surface area contributed by atoms with Crippen molar-refractivity contribution in [2.24, 2.45) is 0 Å². The van der Waals surface area contributed by atoms with Crippen molar-refractivity contribution in [3.63, 3.8) is 0 Å². The monoisotopic (exact) mass is 496 g/mol. The van der Waals surface area contributed by atoms with Gasteiger partial charge in [0.05, 0.1) is 25.8 Å². The predicted octanol–water partition coefficient (Wildman–Crippen LogP) is 5.49. The van der Waals surface area contributed by atoms with E-state index in [0.29, 0.717) is 29.8 Å². The minimum atomic E-state index is -0.430. The molecule has 1 aliphatic rings. The van der Waals surface area contributed by atoms with E-state index >= 15 is 0 Å². The topological polar surface area (TPSA) is 89.7 Å². The molecule has 2 heterocycles. The number of benzene rings is 3. The van der Waals surface area contributed by atoms with Crippen molar-refractivity contribution in [1.29, 1.82) is 0 Å². The highest BCUT2D eigenvalue weighted by atomic mass is 16.5. The van der Waals surface area contributed by atoms with E-state index in [0.717, 1.165) is 34.4 Å². The molecular formula is C29H28N4O4. The highest BCUT2D eigenvalue weighted by molar-refractivity contribution is 5.87. The number of nitrogens with one attached hydrogen (secondary N) is 1. The van der Waals surface area contributed by atoms with Crippen LogP contribution in [0.15, 0.2) is 89.1 Å². The summed E-state index contributed by atoms with van der Waals surface area (Å²) >= 11 is 0. The largest absolute Gasteiger partial charge is 0.493 e. The van der Waals surface area contributed by atoms with Gasteiger partial charge in [0.15, 0.2) is 11.5 Å². The zero-order chi connectivity index (χ0) is 25.8. The van der Waals surface area contributed by atoms with E-state index in [1.807, 2.05) is 61.5 Å². The van der Waals surface area contributed by atoms with Crippen LogP contribution < -0.4 is 14.8 Å². The van der Waals surface area contributed by atoms with Gasteiger partial charge in [0, 0.05) is 17.8 Å². The molecule has 1 aromatic heterocycles. The number of methoxy groups -OCH3 is 2. The van der Waals surface area contributed by atoms with E-state index < -0.39 is 6.04 Å². The molecule has 4 aromatic rings. The number of urea groups is 1. The number of hydrogen-bond donors (Lipinski definition) is 1. The summed E-state index contributed by atoms with van der Waals surface area (Å²) in [6.45, 7) is 2.44. The zero-order valence-corrected chi connectivity index (χ0v) is 21.0. The Labute approximate surface area is 215 Å². The van der Waals surface area contributed by atoms with Crippen LogP contribution in [0.3, 0.4) is 0 Å². The summed E-state index contributed by atoms with van der Waals surface area (Å²) in [5.41, 5.74) is 4.35. The molecule has 0 fully saturated rings. The molecule has 0 radical (unpaired) electrons. The van der Waals surface area contributed by atoms with Gasteiger partial charge in [-0.25, -0.2) is 4.79 Å². The van der Waals surface area contributed by atoms with Crippen molar-refractivity contribution in [3.8, 4) is 22.9 Å². The van der Waals surface area contributed by atoms with Crippen molar-refractivity contribution in [3.05, 3.63) is 102 Å². The number of hydrogen-bond acceptors (Lipinski definition) is 6. The fourth-order valence-electron chi connectivity index (χ4n) is 4.53. The van der Waals surface area contributed by atoms with E-state index in [2.05, 4.69) is 22.6 Å². The van der Waals surface area contributed by atoms with Crippen LogP contribution >= 0.6 is 0 Å². The van der Waals surface area contributed by atoms with E-state index in [4.69, 9.17) is 19.0 Å². The Bertz CT molecular complexity index is 1420. The molecule has 5 rings (SSSR count). The van der Waals surface area contributed by atoms with Gasteiger partial charge in [0.25, 0.3) is 5.89 Å². The molecule has 188 valence electrons. The fraction of sp³-hybridized carbons (Fsp3) is 0.207. The van der Waals surface area contributed by atoms with E-state index in [1.165, 1.54) is 0 Å². The van der Waals surface area contributed by atoms with Gasteiger partial charge in [-0.1, -0.05) is 65.8 Å². The summed E-state index contributed by atoms with van der Waals surface area (Å²) < 4.78 is 16.6. The van der Waals surface area contributed by atoms with Gasteiger partial charge in [-0.15, -0.1) is 0 Å². The summed E-state index contributed by atoms with van der Waals surface area (Å²) in [5, 5.41) is 7.39. The Morgan fingerprint density at radius 3 is 2.35 bits per heavy atom. The van der Waals surface area contributed by atoms with Gasteiger partial charge in [-0.2, -0.15) is 4.98 Å². The molecule has 0 spiro atoms.